The molecule has 1 N–H and O–H groups in total. The fraction of sp³-hybridized carbons (Fsp3) is 0.375. The molecule has 2 nitrogen and oxygen atoms in total. The largest absolute Gasteiger partial charge is 0.383 e. The molecule has 0 saturated heterocycles. The topological polar surface area (TPSA) is 21.3 Å². The molecular formula is C16H21NOS. The van der Waals surface area contributed by atoms with Crippen molar-refractivity contribution >= 4 is 29.1 Å². The van der Waals surface area contributed by atoms with Crippen LogP contribution in [0.15, 0.2) is 36.4 Å². The quantitative estimate of drug-likeness (QED) is 0.621. The van der Waals surface area contributed by atoms with Crippen molar-refractivity contribution < 1.29 is 4.74 Å². The molecule has 1 unspecified atom stereocenters. The Labute approximate surface area is 120 Å². The van der Waals surface area contributed by atoms with Crippen molar-refractivity contribution in [3.63, 3.8) is 0 Å². The first kappa shape index (κ1) is 14.2. The molecule has 1 atom stereocenters. The number of anilines is 1. The lowest BCUT2D eigenvalue weighted by Gasteiger charge is -2.11. The zero-order chi connectivity index (χ0) is 13.8. The first-order valence-electron chi connectivity index (χ1n) is 6.63. The number of fused-ring (bicyclic) bond motifs is 1. The van der Waals surface area contributed by atoms with Crippen LogP contribution < -0.4 is 5.32 Å². The molecule has 3 heteroatoms. The van der Waals surface area contributed by atoms with E-state index < -0.39 is 0 Å². The van der Waals surface area contributed by atoms with Crippen molar-refractivity contribution in [3.05, 3.63) is 42.0 Å². The second-order valence-electron chi connectivity index (χ2n) is 5.11. The van der Waals surface area contributed by atoms with Crippen LogP contribution in [0.25, 0.3) is 10.8 Å². The average Bonchev–Trinajstić information content (AvgIpc) is 2.35. The molecule has 19 heavy (non-hydrogen) atoms. The van der Waals surface area contributed by atoms with E-state index in [1.54, 1.807) is 0 Å². The van der Waals surface area contributed by atoms with Gasteiger partial charge >= 0.3 is 0 Å². The highest BCUT2D eigenvalue weighted by atomic mass is 32.1. The summed E-state index contributed by atoms with van der Waals surface area (Å²) in [5, 5.41) is 5.90. The van der Waals surface area contributed by atoms with Crippen LogP contribution in [0, 0.1) is 0 Å². The van der Waals surface area contributed by atoms with Gasteiger partial charge in [0.2, 0.25) is 0 Å². The highest BCUT2D eigenvalue weighted by Crippen LogP contribution is 2.21. The minimum Gasteiger partial charge on any atom is -0.383 e. The highest BCUT2D eigenvalue weighted by molar-refractivity contribution is 7.80. The first-order valence-corrected chi connectivity index (χ1v) is 7.15. The lowest BCUT2D eigenvalue weighted by molar-refractivity contribution is 0.112. The third-order valence-electron chi connectivity index (χ3n) is 2.85. The molecular weight excluding hydrogens is 254 g/mol. The minimum atomic E-state index is -0.0340. The Morgan fingerprint density at radius 2 is 1.74 bits per heavy atom. The predicted molar refractivity (Wildman–Crippen MR) is 85.9 cm³/mol. The third kappa shape index (κ3) is 4.15. The molecule has 0 aliphatic carbocycles. The Balaban J connectivity index is 2.20. The summed E-state index contributed by atoms with van der Waals surface area (Å²) in [6.07, 6.45) is 0. The van der Waals surface area contributed by atoms with Crippen molar-refractivity contribution in [2.45, 2.75) is 38.9 Å². The van der Waals surface area contributed by atoms with E-state index in [1.165, 1.54) is 16.3 Å². The van der Waals surface area contributed by atoms with Gasteiger partial charge in [-0.05, 0) is 55.3 Å². The summed E-state index contributed by atoms with van der Waals surface area (Å²) in [6.45, 7) is 6.81. The summed E-state index contributed by atoms with van der Waals surface area (Å²) < 4.78 is 5.51. The third-order valence-corrected chi connectivity index (χ3v) is 3.00. The van der Waals surface area contributed by atoms with Crippen LogP contribution in [-0.4, -0.2) is 11.5 Å². The fourth-order valence-corrected chi connectivity index (χ4v) is 2.10. The molecule has 0 amide bonds. The van der Waals surface area contributed by atoms with Crippen LogP contribution >= 0.6 is 12.6 Å². The Morgan fingerprint density at radius 3 is 2.42 bits per heavy atom. The van der Waals surface area contributed by atoms with Gasteiger partial charge < -0.3 is 10.1 Å². The van der Waals surface area contributed by atoms with E-state index >= 15 is 0 Å². The number of rotatable bonds is 5. The molecule has 0 fully saturated rings. The fourth-order valence-electron chi connectivity index (χ4n) is 2.02. The van der Waals surface area contributed by atoms with Crippen LogP contribution in [0.1, 0.15) is 26.3 Å². The van der Waals surface area contributed by atoms with Crippen LogP contribution in [0.4, 0.5) is 5.69 Å². The maximum atomic E-state index is 5.51. The molecule has 0 saturated carbocycles. The summed E-state index contributed by atoms with van der Waals surface area (Å²) in [5.74, 6) is 0. The summed E-state index contributed by atoms with van der Waals surface area (Å²) in [6, 6.07) is 13.3. The van der Waals surface area contributed by atoms with Crippen molar-refractivity contribution in [2.75, 3.05) is 5.32 Å². The second kappa shape index (κ2) is 6.31. The lowest BCUT2D eigenvalue weighted by atomic mass is 10.1. The van der Waals surface area contributed by atoms with E-state index in [0.717, 1.165) is 5.69 Å². The van der Waals surface area contributed by atoms with Crippen LogP contribution in [0.5, 0.6) is 0 Å². The second-order valence-corrected chi connectivity index (χ2v) is 5.83. The molecule has 102 valence electrons. The summed E-state index contributed by atoms with van der Waals surface area (Å²) in [7, 11) is 0. The number of hydrogen-bond donors (Lipinski definition) is 2. The van der Waals surface area contributed by atoms with E-state index in [0.29, 0.717) is 12.6 Å². The SMILES string of the molecule is CC(C)Nc1ccc2cc(COC(C)S)ccc2c1. The van der Waals surface area contributed by atoms with Crippen molar-refractivity contribution in [1.82, 2.24) is 0 Å². The molecule has 0 radical (unpaired) electrons. The normalized spacial score (nSPS) is 12.9. The molecule has 0 bridgehead atoms. The molecule has 0 spiro atoms. The van der Waals surface area contributed by atoms with Gasteiger partial charge in [-0.3, -0.25) is 0 Å². The van der Waals surface area contributed by atoms with E-state index in [1.807, 2.05) is 6.92 Å². The Hall–Kier alpha value is -1.19. The molecule has 0 aliphatic rings. The van der Waals surface area contributed by atoms with Gasteiger partial charge in [-0.1, -0.05) is 18.2 Å². The Morgan fingerprint density at radius 1 is 1.05 bits per heavy atom. The van der Waals surface area contributed by atoms with E-state index in [2.05, 4.69) is 68.2 Å². The zero-order valence-electron chi connectivity index (χ0n) is 11.7. The van der Waals surface area contributed by atoms with Gasteiger partial charge in [0, 0.05) is 11.7 Å². The average molecular weight is 275 g/mol. The number of ether oxygens (including phenoxy) is 1. The van der Waals surface area contributed by atoms with E-state index in [-0.39, 0.29) is 5.44 Å². The Bertz CT molecular complexity index is 551. The lowest BCUT2D eigenvalue weighted by Crippen LogP contribution is -2.09. The number of hydrogen-bond acceptors (Lipinski definition) is 3. The molecule has 0 aromatic heterocycles. The van der Waals surface area contributed by atoms with Gasteiger partial charge in [0.1, 0.15) is 0 Å². The van der Waals surface area contributed by atoms with Gasteiger partial charge in [-0.2, -0.15) is 0 Å². The van der Waals surface area contributed by atoms with Gasteiger partial charge in [-0.15, -0.1) is 12.6 Å². The monoisotopic (exact) mass is 275 g/mol. The maximum absolute atomic E-state index is 5.51. The highest BCUT2D eigenvalue weighted by Gasteiger charge is 2.01. The van der Waals surface area contributed by atoms with Gasteiger partial charge in [0.25, 0.3) is 0 Å². The summed E-state index contributed by atoms with van der Waals surface area (Å²) >= 11 is 4.22. The minimum absolute atomic E-state index is 0.0340. The molecule has 2 aromatic carbocycles. The van der Waals surface area contributed by atoms with Crippen LogP contribution in [0.3, 0.4) is 0 Å². The molecule has 2 rings (SSSR count). The van der Waals surface area contributed by atoms with Crippen molar-refractivity contribution in [3.8, 4) is 0 Å². The maximum Gasteiger partial charge on any atom is 0.0975 e. The van der Waals surface area contributed by atoms with E-state index in [4.69, 9.17) is 4.74 Å². The molecule has 2 aromatic rings. The first-order chi connectivity index (χ1) is 9.04. The van der Waals surface area contributed by atoms with Gasteiger partial charge in [0.15, 0.2) is 0 Å². The van der Waals surface area contributed by atoms with Crippen LogP contribution in [0.2, 0.25) is 0 Å². The smallest absolute Gasteiger partial charge is 0.0975 e. The zero-order valence-corrected chi connectivity index (χ0v) is 12.6. The Kier molecular flexibility index (Phi) is 4.72. The van der Waals surface area contributed by atoms with Crippen molar-refractivity contribution in [2.24, 2.45) is 0 Å². The van der Waals surface area contributed by atoms with Crippen LogP contribution in [-0.2, 0) is 11.3 Å². The summed E-state index contributed by atoms with van der Waals surface area (Å²) in [4.78, 5) is 0. The van der Waals surface area contributed by atoms with E-state index in [9.17, 15) is 0 Å². The number of nitrogens with one attached hydrogen (secondary N) is 1. The number of thiol groups is 1. The van der Waals surface area contributed by atoms with Crippen molar-refractivity contribution in [1.29, 1.82) is 0 Å². The summed E-state index contributed by atoms with van der Waals surface area (Å²) in [5.41, 5.74) is 2.31. The molecule has 0 aliphatic heterocycles. The predicted octanol–water partition coefficient (Wildman–Crippen LogP) is 4.45. The standard InChI is InChI=1S/C16H21NOS/c1-11(2)17-16-7-6-14-8-13(10-18-12(3)19)4-5-15(14)9-16/h4-9,11-12,17,19H,10H2,1-3H3. The number of benzene rings is 2. The van der Waals surface area contributed by atoms with Gasteiger partial charge in [0.05, 0.1) is 12.0 Å². The van der Waals surface area contributed by atoms with Gasteiger partial charge in [-0.25, -0.2) is 0 Å². The molecule has 0 heterocycles.